The third-order valence-electron chi connectivity index (χ3n) is 5.14. The number of carboxylic acid groups (broad SMARTS) is 1. The van der Waals surface area contributed by atoms with Crippen molar-refractivity contribution in [2.45, 2.75) is 50.2 Å². The Hall–Kier alpha value is -1.73. The molecular formula is C19H27NO5S. The molecule has 2 unspecified atom stereocenters. The average Bonchev–Trinajstić information content (AvgIpc) is 2.61. The Bertz CT molecular complexity index is 646. The average molecular weight is 381 g/mol. The highest BCUT2D eigenvalue weighted by Crippen LogP contribution is 2.51. The number of nitrogens with one attached hydrogen (secondary N) is 1. The number of thioether (sulfide) groups is 1. The molecule has 2 N–H and O–H groups in total. The fraction of sp³-hybridized carbons (Fsp3) is 0.579. The van der Waals surface area contributed by atoms with E-state index < -0.39 is 16.9 Å². The lowest BCUT2D eigenvalue weighted by atomic mass is 9.54. The molecule has 144 valence electrons. The van der Waals surface area contributed by atoms with Crippen LogP contribution in [-0.2, 0) is 14.3 Å². The molecule has 1 aromatic carbocycles. The number of carboxylic acids is 1. The topological polar surface area (TPSA) is 84.9 Å². The van der Waals surface area contributed by atoms with Crippen LogP contribution >= 0.6 is 11.8 Å². The largest absolute Gasteiger partial charge is 0.497 e. The minimum Gasteiger partial charge on any atom is -0.497 e. The number of methoxy groups -OCH3 is 1. The van der Waals surface area contributed by atoms with E-state index in [0.29, 0.717) is 18.8 Å². The number of ether oxygens (including phenoxy) is 2. The van der Waals surface area contributed by atoms with Gasteiger partial charge in [-0.15, -0.1) is 11.8 Å². The monoisotopic (exact) mass is 381 g/mol. The lowest BCUT2D eigenvalue weighted by Gasteiger charge is -2.58. The Labute approximate surface area is 158 Å². The minimum atomic E-state index is -1.27. The molecule has 26 heavy (non-hydrogen) atoms. The van der Waals surface area contributed by atoms with E-state index in [-0.39, 0.29) is 18.4 Å². The van der Waals surface area contributed by atoms with Crippen LogP contribution in [0.25, 0.3) is 0 Å². The Morgan fingerprint density at radius 2 is 1.96 bits per heavy atom. The maximum Gasteiger partial charge on any atom is 0.330 e. The summed E-state index contributed by atoms with van der Waals surface area (Å²) in [4.78, 5) is 25.3. The molecule has 2 rings (SSSR count). The minimum absolute atomic E-state index is 0.169. The zero-order valence-electron chi connectivity index (χ0n) is 15.7. The van der Waals surface area contributed by atoms with Crippen molar-refractivity contribution in [1.82, 2.24) is 5.32 Å². The van der Waals surface area contributed by atoms with Crippen molar-refractivity contribution in [2.75, 3.05) is 19.5 Å². The highest BCUT2D eigenvalue weighted by atomic mass is 32.2. The smallest absolute Gasteiger partial charge is 0.330 e. The lowest BCUT2D eigenvalue weighted by molar-refractivity contribution is -0.194. The summed E-state index contributed by atoms with van der Waals surface area (Å²) in [6.45, 7) is 6.07. The molecule has 7 heteroatoms. The van der Waals surface area contributed by atoms with E-state index in [4.69, 9.17) is 9.47 Å². The third kappa shape index (κ3) is 3.99. The van der Waals surface area contributed by atoms with Crippen molar-refractivity contribution in [3.8, 4) is 5.75 Å². The summed E-state index contributed by atoms with van der Waals surface area (Å²) in [6, 6.07) is 7.60. The van der Waals surface area contributed by atoms with E-state index >= 15 is 0 Å². The number of benzene rings is 1. The van der Waals surface area contributed by atoms with Crippen LogP contribution in [0.4, 0.5) is 0 Å². The molecule has 0 saturated heterocycles. The van der Waals surface area contributed by atoms with Crippen molar-refractivity contribution in [2.24, 2.45) is 5.41 Å². The summed E-state index contributed by atoms with van der Waals surface area (Å²) in [5.74, 6) is 0.0982. The van der Waals surface area contributed by atoms with Crippen LogP contribution in [0.15, 0.2) is 29.2 Å². The predicted octanol–water partition coefficient (Wildman–Crippen LogP) is 2.95. The molecule has 0 radical (unpaired) electrons. The maximum atomic E-state index is 12.4. The Morgan fingerprint density at radius 1 is 1.31 bits per heavy atom. The van der Waals surface area contributed by atoms with Crippen LogP contribution in [0.1, 0.15) is 33.6 Å². The van der Waals surface area contributed by atoms with Gasteiger partial charge in [0, 0.05) is 35.5 Å². The van der Waals surface area contributed by atoms with Gasteiger partial charge in [-0.1, -0.05) is 13.8 Å². The predicted molar refractivity (Wildman–Crippen MR) is 101 cm³/mol. The van der Waals surface area contributed by atoms with Crippen LogP contribution in [0.2, 0.25) is 0 Å². The summed E-state index contributed by atoms with van der Waals surface area (Å²) < 4.78 is 10.7. The number of carbonyl (C=O) groups excluding carboxylic acids is 1. The second-order valence-corrected chi connectivity index (χ2v) is 8.07. The van der Waals surface area contributed by atoms with E-state index in [2.05, 4.69) is 5.32 Å². The van der Waals surface area contributed by atoms with Crippen LogP contribution < -0.4 is 10.1 Å². The fourth-order valence-corrected chi connectivity index (χ4v) is 4.12. The number of carbonyl (C=O) groups is 2. The highest BCUT2D eigenvalue weighted by Gasteiger charge is 2.66. The van der Waals surface area contributed by atoms with Gasteiger partial charge in [0.25, 0.3) is 0 Å². The zero-order valence-corrected chi connectivity index (χ0v) is 16.5. The molecule has 1 aliphatic carbocycles. The van der Waals surface area contributed by atoms with Crippen molar-refractivity contribution >= 4 is 23.6 Å². The van der Waals surface area contributed by atoms with Gasteiger partial charge in [0.1, 0.15) is 11.3 Å². The second-order valence-electron chi connectivity index (χ2n) is 6.90. The molecule has 1 aromatic rings. The van der Waals surface area contributed by atoms with E-state index in [0.717, 1.165) is 10.6 Å². The highest BCUT2D eigenvalue weighted by molar-refractivity contribution is 7.99. The van der Waals surface area contributed by atoms with Gasteiger partial charge in [0.2, 0.25) is 5.91 Å². The Kier molecular flexibility index (Phi) is 6.58. The zero-order chi connectivity index (χ0) is 19.4. The summed E-state index contributed by atoms with van der Waals surface area (Å²) in [6.07, 6.45) is 0.374. The molecule has 1 saturated carbocycles. The molecule has 1 fully saturated rings. The van der Waals surface area contributed by atoms with E-state index in [1.165, 1.54) is 0 Å². The first-order chi connectivity index (χ1) is 12.3. The van der Waals surface area contributed by atoms with Gasteiger partial charge in [-0.3, -0.25) is 4.79 Å². The molecule has 1 aliphatic rings. The second kappa shape index (κ2) is 8.31. The number of hydrogen-bond acceptors (Lipinski definition) is 5. The van der Waals surface area contributed by atoms with Gasteiger partial charge in [-0.25, -0.2) is 4.79 Å². The summed E-state index contributed by atoms with van der Waals surface area (Å²) in [7, 11) is 1.61. The third-order valence-corrected chi connectivity index (χ3v) is 6.15. The summed E-state index contributed by atoms with van der Waals surface area (Å²) >= 11 is 1.55. The molecule has 0 spiro atoms. The Balaban J connectivity index is 1.89. The summed E-state index contributed by atoms with van der Waals surface area (Å²) in [5.41, 5.74) is -1.93. The first-order valence-electron chi connectivity index (χ1n) is 8.69. The standard InChI is InChI=1S/C19H27NO5S/c1-5-25-15-12-19(17(22)23,18(15,2)3)20-16(21)10-11-26-14-8-6-13(24-4)7-9-14/h6-9,15H,5,10-12H2,1-4H3,(H,20,21)(H,22,23). The van der Waals surface area contributed by atoms with Crippen molar-refractivity contribution in [3.05, 3.63) is 24.3 Å². The Morgan fingerprint density at radius 3 is 2.46 bits per heavy atom. The molecule has 0 aliphatic heterocycles. The lowest BCUT2D eigenvalue weighted by Crippen LogP contribution is -2.76. The number of rotatable bonds is 9. The molecule has 0 bridgehead atoms. The quantitative estimate of drug-likeness (QED) is 0.640. The van der Waals surface area contributed by atoms with Crippen LogP contribution in [0, 0.1) is 5.41 Å². The fourth-order valence-electron chi connectivity index (χ4n) is 3.27. The number of aliphatic carboxylic acids is 1. The molecule has 1 amide bonds. The van der Waals surface area contributed by atoms with E-state index in [1.54, 1.807) is 18.9 Å². The SMILES string of the molecule is CCOC1CC(NC(=O)CCSc2ccc(OC)cc2)(C(=O)O)C1(C)C. The molecule has 0 heterocycles. The molecule has 2 atom stereocenters. The number of hydrogen-bond donors (Lipinski definition) is 2. The first kappa shape index (κ1) is 20.6. The van der Waals surface area contributed by atoms with Gasteiger partial charge < -0.3 is 19.9 Å². The van der Waals surface area contributed by atoms with Crippen LogP contribution in [0.5, 0.6) is 5.75 Å². The van der Waals surface area contributed by atoms with Gasteiger partial charge >= 0.3 is 5.97 Å². The normalized spacial score (nSPS) is 23.8. The molecule has 0 aromatic heterocycles. The molecular weight excluding hydrogens is 354 g/mol. The maximum absolute atomic E-state index is 12.4. The first-order valence-corrected chi connectivity index (χ1v) is 9.68. The van der Waals surface area contributed by atoms with Gasteiger partial charge in [-0.05, 0) is 31.2 Å². The molecule has 6 nitrogen and oxygen atoms in total. The number of amides is 1. The van der Waals surface area contributed by atoms with Crippen LogP contribution in [0.3, 0.4) is 0 Å². The van der Waals surface area contributed by atoms with E-state index in [1.807, 2.05) is 45.0 Å². The van der Waals surface area contributed by atoms with Gasteiger partial charge in [-0.2, -0.15) is 0 Å². The van der Waals surface area contributed by atoms with Crippen molar-refractivity contribution < 1.29 is 24.2 Å². The van der Waals surface area contributed by atoms with Gasteiger partial charge in [0.15, 0.2) is 0 Å². The summed E-state index contributed by atoms with van der Waals surface area (Å²) in [5, 5.41) is 12.5. The van der Waals surface area contributed by atoms with Gasteiger partial charge in [0.05, 0.1) is 13.2 Å². The van der Waals surface area contributed by atoms with Crippen molar-refractivity contribution in [3.63, 3.8) is 0 Å². The van der Waals surface area contributed by atoms with Crippen LogP contribution in [-0.4, -0.2) is 48.1 Å². The van der Waals surface area contributed by atoms with Crippen molar-refractivity contribution in [1.29, 1.82) is 0 Å². The van der Waals surface area contributed by atoms with E-state index in [9.17, 15) is 14.7 Å².